The van der Waals surface area contributed by atoms with Crippen molar-refractivity contribution in [1.29, 1.82) is 0 Å². The summed E-state index contributed by atoms with van der Waals surface area (Å²) in [5, 5.41) is 6.53. The summed E-state index contributed by atoms with van der Waals surface area (Å²) in [6, 6.07) is 0.0138. The Kier molecular flexibility index (Phi) is 4.51. The van der Waals surface area contributed by atoms with Gasteiger partial charge in [0.2, 0.25) is 6.41 Å². The van der Waals surface area contributed by atoms with Crippen molar-refractivity contribution in [1.82, 2.24) is 10.2 Å². The number of hydrogen-bond donors (Lipinski definition) is 1. The maximum Gasteiger partial charge on any atom is 0.343 e. The molecular formula is C12H17N3O4. The fraction of sp³-hybridized carbons (Fsp3) is 0.583. The topological polar surface area (TPSA) is 84.5 Å². The van der Waals surface area contributed by atoms with Crippen molar-refractivity contribution in [2.45, 2.75) is 25.8 Å². The summed E-state index contributed by atoms with van der Waals surface area (Å²) < 4.78 is 10.2. The van der Waals surface area contributed by atoms with Crippen molar-refractivity contribution in [3.63, 3.8) is 0 Å². The van der Waals surface area contributed by atoms with E-state index in [1.54, 1.807) is 6.92 Å². The van der Waals surface area contributed by atoms with Crippen LogP contribution in [0.4, 0.5) is 5.82 Å². The molecule has 7 heteroatoms. The Morgan fingerprint density at radius 1 is 1.63 bits per heavy atom. The fourth-order valence-corrected chi connectivity index (χ4v) is 2.12. The Bertz CT molecular complexity index is 440. The molecule has 19 heavy (non-hydrogen) atoms. The van der Waals surface area contributed by atoms with Gasteiger partial charge in [0, 0.05) is 19.3 Å². The minimum atomic E-state index is -0.481. The molecule has 104 valence electrons. The summed E-state index contributed by atoms with van der Waals surface area (Å²) in [7, 11) is 0. The van der Waals surface area contributed by atoms with E-state index in [-0.39, 0.29) is 18.2 Å². The molecule has 0 radical (unpaired) electrons. The molecule has 1 saturated heterocycles. The highest BCUT2D eigenvalue weighted by Crippen LogP contribution is 2.23. The van der Waals surface area contributed by atoms with Crippen LogP contribution >= 0.6 is 0 Å². The molecule has 1 fully saturated rings. The molecule has 1 N–H and O–H groups in total. The average molecular weight is 267 g/mol. The molecule has 1 aliphatic heterocycles. The smallest absolute Gasteiger partial charge is 0.343 e. The predicted octanol–water partition coefficient (Wildman–Crippen LogP) is 0.728. The van der Waals surface area contributed by atoms with E-state index in [1.807, 2.05) is 0 Å². The van der Waals surface area contributed by atoms with Crippen LogP contribution in [0, 0.1) is 0 Å². The first-order chi connectivity index (χ1) is 9.27. The van der Waals surface area contributed by atoms with Crippen LogP contribution in [-0.2, 0) is 14.3 Å². The maximum absolute atomic E-state index is 11.8. The number of anilines is 1. The molecule has 0 atom stereocenters. The second-order valence-electron chi connectivity index (χ2n) is 4.21. The first-order valence-corrected chi connectivity index (χ1v) is 6.29. The maximum atomic E-state index is 11.8. The van der Waals surface area contributed by atoms with Gasteiger partial charge in [0.05, 0.1) is 12.8 Å². The van der Waals surface area contributed by atoms with Crippen molar-refractivity contribution < 1.29 is 19.1 Å². The number of hydrogen-bond acceptors (Lipinski definition) is 5. The summed E-state index contributed by atoms with van der Waals surface area (Å²) in [4.78, 5) is 24.6. The molecule has 0 saturated carbocycles. The Labute approximate surface area is 110 Å². The predicted molar refractivity (Wildman–Crippen MR) is 66.9 cm³/mol. The van der Waals surface area contributed by atoms with Crippen LogP contribution in [0.2, 0.25) is 0 Å². The van der Waals surface area contributed by atoms with Gasteiger partial charge in [-0.25, -0.2) is 4.79 Å². The molecule has 0 aliphatic carbocycles. The summed E-state index contributed by atoms with van der Waals surface area (Å²) in [6.45, 7) is 3.23. The second kappa shape index (κ2) is 6.33. The van der Waals surface area contributed by atoms with Crippen LogP contribution < -0.4 is 4.90 Å². The monoisotopic (exact) mass is 267 g/mol. The molecular weight excluding hydrogens is 250 g/mol. The number of nitrogens with one attached hydrogen (secondary N) is 1. The second-order valence-corrected chi connectivity index (χ2v) is 4.21. The molecule has 1 aromatic rings. The van der Waals surface area contributed by atoms with E-state index in [1.165, 1.54) is 11.1 Å². The quantitative estimate of drug-likeness (QED) is 0.628. The van der Waals surface area contributed by atoms with E-state index in [2.05, 4.69) is 10.2 Å². The summed E-state index contributed by atoms with van der Waals surface area (Å²) >= 11 is 0. The molecule has 0 bridgehead atoms. The Balaban J connectivity index is 2.20. The van der Waals surface area contributed by atoms with Crippen molar-refractivity contribution in [3.05, 3.63) is 11.8 Å². The number of nitrogens with zero attached hydrogens (tertiary/aromatic N) is 2. The van der Waals surface area contributed by atoms with Gasteiger partial charge in [-0.05, 0) is 19.8 Å². The van der Waals surface area contributed by atoms with E-state index in [0.717, 1.165) is 12.8 Å². The molecule has 2 heterocycles. The molecule has 1 aliphatic rings. The van der Waals surface area contributed by atoms with Gasteiger partial charge in [0.15, 0.2) is 0 Å². The minimum Gasteiger partial charge on any atom is -0.462 e. The van der Waals surface area contributed by atoms with Crippen LogP contribution in [0.3, 0.4) is 0 Å². The number of H-pyrrole nitrogens is 1. The third kappa shape index (κ3) is 2.93. The number of rotatable bonds is 5. The zero-order valence-corrected chi connectivity index (χ0v) is 10.8. The van der Waals surface area contributed by atoms with Crippen molar-refractivity contribution in [3.8, 4) is 0 Å². The van der Waals surface area contributed by atoms with E-state index >= 15 is 0 Å². The lowest BCUT2D eigenvalue weighted by atomic mass is 10.1. The van der Waals surface area contributed by atoms with Gasteiger partial charge >= 0.3 is 5.97 Å². The molecule has 2 rings (SSSR count). The molecule has 0 unspecified atom stereocenters. The van der Waals surface area contributed by atoms with Gasteiger partial charge in [-0.15, -0.1) is 0 Å². The lowest BCUT2D eigenvalue weighted by molar-refractivity contribution is -0.108. The van der Waals surface area contributed by atoms with Crippen LogP contribution in [0.25, 0.3) is 0 Å². The van der Waals surface area contributed by atoms with Crippen LogP contribution in [0.1, 0.15) is 30.1 Å². The Morgan fingerprint density at radius 3 is 3.00 bits per heavy atom. The molecule has 1 aromatic heterocycles. The minimum absolute atomic E-state index is 0.0138. The van der Waals surface area contributed by atoms with Crippen LogP contribution in [0.5, 0.6) is 0 Å². The molecule has 7 nitrogen and oxygen atoms in total. The lowest BCUT2D eigenvalue weighted by Gasteiger charge is -2.30. The van der Waals surface area contributed by atoms with Crippen molar-refractivity contribution >= 4 is 18.2 Å². The highest BCUT2D eigenvalue weighted by molar-refractivity contribution is 5.97. The van der Waals surface area contributed by atoms with Crippen LogP contribution in [0.15, 0.2) is 6.20 Å². The molecule has 0 spiro atoms. The fourth-order valence-electron chi connectivity index (χ4n) is 2.12. The third-order valence-corrected chi connectivity index (χ3v) is 3.07. The summed E-state index contributed by atoms with van der Waals surface area (Å²) in [6.07, 6.45) is 3.56. The molecule has 0 aromatic carbocycles. The van der Waals surface area contributed by atoms with Gasteiger partial charge in [0.1, 0.15) is 11.4 Å². The number of amides is 1. The summed E-state index contributed by atoms with van der Waals surface area (Å²) in [5.41, 5.74) is 0.278. The number of aromatic nitrogens is 2. The number of ether oxygens (including phenoxy) is 2. The van der Waals surface area contributed by atoms with E-state index in [4.69, 9.17) is 9.47 Å². The highest BCUT2D eigenvalue weighted by Gasteiger charge is 2.27. The van der Waals surface area contributed by atoms with E-state index in [0.29, 0.717) is 25.4 Å². The third-order valence-electron chi connectivity index (χ3n) is 3.07. The number of carbonyl (C=O) groups is 2. The van der Waals surface area contributed by atoms with Gasteiger partial charge in [-0.3, -0.25) is 14.8 Å². The van der Waals surface area contributed by atoms with E-state index in [9.17, 15) is 9.59 Å². The first-order valence-electron chi connectivity index (χ1n) is 6.29. The van der Waals surface area contributed by atoms with E-state index < -0.39 is 5.97 Å². The van der Waals surface area contributed by atoms with Crippen LogP contribution in [-0.4, -0.2) is 48.4 Å². The zero-order valence-electron chi connectivity index (χ0n) is 10.8. The normalized spacial score (nSPS) is 16.1. The average Bonchev–Trinajstić information content (AvgIpc) is 2.90. The summed E-state index contributed by atoms with van der Waals surface area (Å²) in [5.74, 6) is -0.0921. The highest BCUT2D eigenvalue weighted by atomic mass is 16.5. The number of esters is 1. The molecule has 1 amide bonds. The number of aromatic amines is 1. The SMILES string of the molecule is CCOC(=O)c1cn[nH]c1N(C=O)C1CCOCC1. The van der Waals surface area contributed by atoms with Gasteiger partial charge in [-0.2, -0.15) is 5.10 Å². The van der Waals surface area contributed by atoms with Gasteiger partial charge in [-0.1, -0.05) is 0 Å². The van der Waals surface area contributed by atoms with Crippen molar-refractivity contribution in [2.24, 2.45) is 0 Å². The van der Waals surface area contributed by atoms with Gasteiger partial charge < -0.3 is 9.47 Å². The van der Waals surface area contributed by atoms with Gasteiger partial charge in [0.25, 0.3) is 0 Å². The Hall–Kier alpha value is -1.89. The Morgan fingerprint density at radius 2 is 2.37 bits per heavy atom. The lowest BCUT2D eigenvalue weighted by Crippen LogP contribution is -2.39. The largest absolute Gasteiger partial charge is 0.462 e. The first kappa shape index (κ1) is 13.5. The standard InChI is InChI=1S/C12H17N3O4/c1-2-19-12(17)10-7-13-14-11(10)15(8-16)9-3-5-18-6-4-9/h7-9H,2-6H2,1H3,(H,13,14). The zero-order chi connectivity index (χ0) is 13.7. The van der Waals surface area contributed by atoms with Crippen molar-refractivity contribution in [2.75, 3.05) is 24.7 Å². The number of carbonyl (C=O) groups excluding carboxylic acids is 2.